The van der Waals surface area contributed by atoms with Gasteiger partial charge in [0.1, 0.15) is 5.03 Å². The minimum atomic E-state index is 0.0878. The molecule has 5 nitrogen and oxygen atoms in total. The molecular formula is C24H30ClN5S. The SMILES string of the molecule is C=c1ccc(=c2ccc(=C3NN=C(N(C)C4CC(C)(C)NC(C)(C)C4)S3)c(Cl)c2)cn1. The zero-order valence-electron chi connectivity index (χ0n) is 18.8. The predicted molar refractivity (Wildman–Crippen MR) is 132 cm³/mol. The van der Waals surface area contributed by atoms with Crippen molar-refractivity contribution in [3.8, 4) is 0 Å². The first-order chi connectivity index (χ1) is 14.5. The minimum absolute atomic E-state index is 0.0878. The van der Waals surface area contributed by atoms with Gasteiger partial charge in [-0.2, -0.15) is 0 Å². The number of piperidine rings is 1. The van der Waals surface area contributed by atoms with Gasteiger partial charge in [-0.05, 0) is 69.6 Å². The highest BCUT2D eigenvalue weighted by molar-refractivity contribution is 8.21. The van der Waals surface area contributed by atoms with Crippen molar-refractivity contribution in [2.45, 2.75) is 57.7 Å². The summed E-state index contributed by atoms with van der Waals surface area (Å²) in [5.41, 5.74) is 3.37. The summed E-state index contributed by atoms with van der Waals surface area (Å²) in [6, 6.07) is 10.4. The fourth-order valence-electron chi connectivity index (χ4n) is 4.67. The van der Waals surface area contributed by atoms with E-state index in [4.69, 9.17) is 11.6 Å². The molecule has 0 atom stereocenters. The Morgan fingerprint density at radius 2 is 1.77 bits per heavy atom. The number of halogens is 1. The lowest BCUT2D eigenvalue weighted by Gasteiger charge is -2.49. The second-order valence-corrected chi connectivity index (χ2v) is 11.1. The molecule has 2 aliphatic heterocycles. The van der Waals surface area contributed by atoms with Crippen molar-refractivity contribution < 1.29 is 0 Å². The number of nitrogens with zero attached hydrogens (tertiary/aromatic N) is 3. The largest absolute Gasteiger partial charge is 0.349 e. The number of benzene rings is 1. The van der Waals surface area contributed by atoms with Crippen molar-refractivity contribution in [2.24, 2.45) is 5.10 Å². The van der Waals surface area contributed by atoms with Crippen LogP contribution in [-0.2, 0) is 0 Å². The van der Waals surface area contributed by atoms with E-state index in [1.165, 1.54) is 0 Å². The van der Waals surface area contributed by atoms with Crippen LogP contribution in [0.2, 0.25) is 5.02 Å². The molecule has 1 fully saturated rings. The molecule has 0 bridgehead atoms. The maximum atomic E-state index is 6.66. The summed E-state index contributed by atoms with van der Waals surface area (Å²) in [5, 5.41) is 14.7. The van der Waals surface area contributed by atoms with Crippen LogP contribution in [-0.4, -0.2) is 39.2 Å². The first-order valence-electron chi connectivity index (χ1n) is 10.5. The zero-order valence-corrected chi connectivity index (χ0v) is 20.4. The molecule has 4 rings (SSSR count). The van der Waals surface area contributed by atoms with Gasteiger partial charge in [-0.3, -0.25) is 10.4 Å². The van der Waals surface area contributed by atoms with Gasteiger partial charge in [0.2, 0.25) is 0 Å². The van der Waals surface area contributed by atoms with E-state index in [9.17, 15) is 0 Å². The topological polar surface area (TPSA) is 52.6 Å². The maximum Gasteiger partial charge on any atom is 0.189 e. The van der Waals surface area contributed by atoms with Gasteiger partial charge < -0.3 is 10.2 Å². The van der Waals surface area contributed by atoms with Crippen molar-refractivity contribution in [1.29, 1.82) is 0 Å². The minimum Gasteiger partial charge on any atom is -0.349 e. The van der Waals surface area contributed by atoms with Gasteiger partial charge in [-0.25, -0.2) is 0 Å². The number of hydrazone groups is 1. The van der Waals surface area contributed by atoms with Gasteiger partial charge in [-0.1, -0.05) is 36.4 Å². The van der Waals surface area contributed by atoms with Crippen LogP contribution in [0.3, 0.4) is 0 Å². The van der Waals surface area contributed by atoms with Gasteiger partial charge >= 0.3 is 0 Å². The van der Waals surface area contributed by atoms with E-state index in [1.54, 1.807) is 11.8 Å². The van der Waals surface area contributed by atoms with Crippen LogP contribution in [0, 0.1) is 10.4 Å². The third-order valence-electron chi connectivity index (χ3n) is 5.84. The van der Waals surface area contributed by atoms with E-state index < -0.39 is 0 Å². The second-order valence-electron chi connectivity index (χ2n) is 9.74. The Balaban J connectivity index is 1.60. The molecule has 1 aromatic carbocycles. The summed E-state index contributed by atoms with van der Waals surface area (Å²) in [6.07, 6.45) is 3.95. The highest BCUT2D eigenvalue weighted by Crippen LogP contribution is 2.34. The van der Waals surface area contributed by atoms with E-state index in [2.05, 4.69) is 73.1 Å². The number of thioether (sulfide) groups is 1. The van der Waals surface area contributed by atoms with Gasteiger partial charge in [0.05, 0.1) is 10.4 Å². The monoisotopic (exact) mass is 455 g/mol. The summed E-state index contributed by atoms with van der Waals surface area (Å²) >= 11 is 8.30. The van der Waals surface area contributed by atoms with E-state index in [0.29, 0.717) is 11.1 Å². The lowest BCUT2D eigenvalue weighted by molar-refractivity contribution is 0.115. The van der Waals surface area contributed by atoms with Crippen LogP contribution in [0.1, 0.15) is 40.5 Å². The fraction of sp³-hybridized carbons (Fsp3) is 0.417. The van der Waals surface area contributed by atoms with Crippen LogP contribution in [0.15, 0.2) is 41.6 Å². The van der Waals surface area contributed by atoms with E-state index >= 15 is 0 Å². The van der Waals surface area contributed by atoms with Crippen LogP contribution in [0.4, 0.5) is 0 Å². The molecule has 2 aliphatic rings. The summed E-state index contributed by atoms with van der Waals surface area (Å²) < 4.78 is 0. The third-order valence-corrected chi connectivity index (χ3v) is 7.23. The normalized spacial score (nSPS) is 23.2. The van der Waals surface area contributed by atoms with Crippen LogP contribution < -0.4 is 21.3 Å². The molecule has 2 aromatic rings. The highest BCUT2D eigenvalue weighted by Gasteiger charge is 2.40. The molecule has 1 aromatic heterocycles. The second kappa shape index (κ2) is 8.15. The Labute approximate surface area is 193 Å². The molecule has 1 saturated heterocycles. The number of hydrogen-bond donors (Lipinski definition) is 2. The summed E-state index contributed by atoms with van der Waals surface area (Å²) in [7, 11) is 2.14. The Morgan fingerprint density at radius 1 is 1.10 bits per heavy atom. The van der Waals surface area contributed by atoms with Crippen molar-refractivity contribution in [1.82, 2.24) is 20.6 Å². The molecule has 0 saturated carbocycles. The van der Waals surface area contributed by atoms with E-state index in [0.717, 1.165) is 44.0 Å². The first-order valence-corrected chi connectivity index (χ1v) is 11.7. The molecule has 2 N–H and O–H groups in total. The van der Waals surface area contributed by atoms with Crippen molar-refractivity contribution in [3.63, 3.8) is 0 Å². The third kappa shape index (κ3) is 4.92. The summed E-state index contributed by atoms with van der Waals surface area (Å²) in [4.78, 5) is 6.58. The highest BCUT2D eigenvalue weighted by atomic mass is 35.5. The standard InChI is InChI=1S/C24H30ClN5S/c1-15-7-8-17(14-26-15)16-9-10-19(20(25)11-16)21-27-28-22(31-21)30(6)18-12-23(2,3)29-24(4,5)13-18/h7-11,14,18,27,29H,1,12-13H2,2-6H3. The van der Waals surface area contributed by atoms with Crippen molar-refractivity contribution in [2.75, 3.05) is 7.05 Å². The molecule has 3 heterocycles. The molecule has 0 amide bonds. The van der Waals surface area contributed by atoms with Gasteiger partial charge in [0.25, 0.3) is 0 Å². The average Bonchev–Trinajstić information content (AvgIpc) is 3.15. The van der Waals surface area contributed by atoms with Crippen molar-refractivity contribution in [3.05, 3.63) is 62.6 Å². The molecule has 0 aliphatic carbocycles. The molecule has 0 spiro atoms. The smallest absolute Gasteiger partial charge is 0.189 e. The molecule has 164 valence electrons. The van der Waals surface area contributed by atoms with Gasteiger partial charge in [-0.15, -0.1) is 5.10 Å². The molecule has 0 unspecified atom stereocenters. The lowest BCUT2D eigenvalue weighted by atomic mass is 9.79. The molecule has 7 heteroatoms. The van der Waals surface area contributed by atoms with Crippen LogP contribution in [0.5, 0.6) is 0 Å². The Morgan fingerprint density at radius 3 is 2.39 bits per heavy atom. The number of aromatic nitrogens is 1. The molecule has 0 radical (unpaired) electrons. The number of amidine groups is 1. The number of rotatable bonds is 1. The first kappa shape index (κ1) is 22.2. The Kier molecular flexibility index (Phi) is 5.83. The summed E-state index contributed by atoms with van der Waals surface area (Å²) in [5.74, 6) is 0. The quantitative estimate of drug-likeness (QED) is 0.690. The predicted octanol–water partition coefficient (Wildman–Crippen LogP) is 3.35. The number of hydrogen-bond acceptors (Lipinski definition) is 6. The van der Waals surface area contributed by atoms with Crippen LogP contribution in [0.25, 0.3) is 11.6 Å². The maximum absolute atomic E-state index is 6.66. The lowest BCUT2D eigenvalue weighted by Crippen LogP contribution is -2.62. The van der Waals surface area contributed by atoms with Gasteiger partial charge in [0, 0.05) is 40.8 Å². The summed E-state index contributed by atoms with van der Waals surface area (Å²) in [6.45, 7) is 12.9. The Hall–Kier alpha value is -2.02. The van der Waals surface area contributed by atoms with Gasteiger partial charge in [0.15, 0.2) is 5.17 Å². The number of pyridine rings is 1. The molecular weight excluding hydrogens is 426 g/mol. The average molecular weight is 456 g/mol. The van der Waals surface area contributed by atoms with Crippen molar-refractivity contribution >= 4 is 40.1 Å². The van der Waals surface area contributed by atoms with Crippen LogP contribution >= 0.6 is 23.4 Å². The Bertz CT molecular complexity index is 1200. The van der Waals surface area contributed by atoms with E-state index in [-0.39, 0.29) is 11.1 Å². The number of nitrogens with one attached hydrogen (secondary N) is 2. The zero-order chi connectivity index (χ0) is 22.4. The van der Waals surface area contributed by atoms with E-state index in [1.807, 2.05) is 30.5 Å². The molecule has 31 heavy (non-hydrogen) atoms. The fourth-order valence-corrected chi connectivity index (χ4v) is 5.95.